The first-order valence-corrected chi connectivity index (χ1v) is 7.56. The molecule has 0 aliphatic heterocycles. The van der Waals surface area contributed by atoms with Gasteiger partial charge in [0.05, 0.1) is 6.04 Å². The van der Waals surface area contributed by atoms with E-state index >= 15 is 0 Å². The number of rotatable bonds is 4. The zero-order valence-corrected chi connectivity index (χ0v) is 13.5. The van der Waals surface area contributed by atoms with Crippen LogP contribution in [0.3, 0.4) is 0 Å². The van der Waals surface area contributed by atoms with Gasteiger partial charge in [0.2, 0.25) is 0 Å². The second-order valence-electron chi connectivity index (χ2n) is 4.60. The van der Waals surface area contributed by atoms with Crippen molar-refractivity contribution in [3.8, 4) is 0 Å². The lowest BCUT2D eigenvalue weighted by Crippen LogP contribution is -2.25. The van der Waals surface area contributed by atoms with E-state index in [1.807, 2.05) is 31.2 Å². The molecule has 0 radical (unpaired) electrons. The first-order valence-electron chi connectivity index (χ1n) is 6.48. The maximum atomic E-state index is 14.4. The molecular weight excluding hydrogens is 371 g/mol. The van der Waals surface area contributed by atoms with Crippen molar-refractivity contribution in [2.45, 2.75) is 19.9 Å². The third kappa shape index (κ3) is 3.01. The van der Waals surface area contributed by atoms with E-state index in [1.165, 1.54) is 12.1 Å². The van der Waals surface area contributed by atoms with Crippen LogP contribution < -0.4 is 5.32 Å². The van der Waals surface area contributed by atoms with Crippen LogP contribution in [0.4, 0.5) is 8.78 Å². The smallest absolute Gasteiger partial charge is 0.134 e. The Balaban J connectivity index is 2.61. The molecule has 0 aliphatic carbocycles. The van der Waals surface area contributed by atoms with E-state index in [0.29, 0.717) is 12.1 Å². The molecule has 2 rings (SSSR count). The van der Waals surface area contributed by atoms with E-state index in [9.17, 15) is 8.78 Å². The van der Waals surface area contributed by atoms with Crippen molar-refractivity contribution in [1.82, 2.24) is 5.32 Å². The molecule has 0 heterocycles. The number of nitrogens with one attached hydrogen (secondary N) is 1. The van der Waals surface area contributed by atoms with Crippen LogP contribution in [0.25, 0.3) is 0 Å². The van der Waals surface area contributed by atoms with E-state index < -0.39 is 17.7 Å². The highest BCUT2D eigenvalue weighted by Crippen LogP contribution is 2.31. The molecule has 1 nitrogen and oxygen atoms in total. The Morgan fingerprint density at radius 2 is 1.85 bits per heavy atom. The number of aryl methyl sites for hydroxylation is 1. The van der Waals surface area contributed by atoms with Gasteiger partial charge in [0.1, 0.15) is 11.6 Å². The summed E-state index contributed by atoms with van der Waals surface area (Å²) in [5, 5.41) is 3.18. The van der Waals surface area contributed by atoms with E-state index in [1.54, 1.807) is 6.92 Å². The number of hydrogen-bond donors (Lipinski definition) is 1. The van der Waals surface area contributed by atoms with Crippen molar-refractivity contribution in [3.05, 3.63) is 68.3 Å². The molecule has 0 bridgehead atoms. The number of benzene rings is 2. The summed E-state index contributed by atoms with van der Waals surface area (Å²) in [4.78, 5) is 0. The Morgan fingerprint density at radius 1 is 1.15 bits per heavy atom. The Labute approximate surface area is 131 Å². The Kier molecular flexibility index (Phi) is 5.10. The van der Waals surface area contributed by atoms with Crippen LogP contribution in [0.15, 0.2) is 36.4 Å². The van der Waals surface area contributed by atoms with Crippen LogP contribution in [0.2, 0.25) is 0 Å². The predicted molar refractivity (Wildman–Crippen MR) is 85.8 cm³/mol. The molecule has 1 N–H and O–H groups in total. The molecule has 0 amide bonds. The van der Waals surface area contributed by atoms with Gasteiger partial charge < -0.3 is 5.32 Å². The van der Waals surface area contributed by atoms with Crippen LogP contribution in [-0.2, 0) is 0 Å². The van der Waals surface area contributed by atoms with Gasteiger partial charge in [-0.25, -0.2) is 8.78 Å². The monoisotopic (exact) mass is 387 g/mol. The topological polar surface area (TPSA) is 12.0 Å². The molecule has 20 heavy (non-hydrogen) atoms. The highest BCUT2D eigenvalue weighted by atomic mass is 127. The zero-order chi connectivity index (χ0) is 14.7. The molecule has 0 aliphatic rings. The standard InChI is InChI=1S/C16H16F2IN/c1-3-20-16(11-6-4-5-7-13(11)19)14-12(17)9-8-10(2)15(14)18/h4-9,16,20H,3H2,1-2H3. The van der Waals surface area contributed by atoms with Crippen molar-refractivity contribution in [1.29, 1.82) is 0 Å². The molecule has 0 saturated heterocycles. The summed E-state index contributed by atoms with van der Waals surface area (Å²) < 4.78 is 29.5. The second kappa shape index (κ2) is 6.63. The van der Waals surface area contributed by atoms with Gasteiger partial charge in [-0.05, 0) is 59.3 Å². The van der Waals surface area contributed by atoms with Gasteiger partial charge in [-0.1, -0.05) is 31.2 Å². The van der Waals surface area contributed by atoms with E-state index in [2.05, 4.69) is 27.9 Å². The zero-order valence-electron chi connectivity index (χ0n) is 11.4. The summed E-state index contributed by atoms with van der Waals surface area (Å²) in [7, 11) is 0. The minimum atomic E-state index is -0.515. The van der Waals surface area contributed by atoms with E-state index in [0.717, 1.165) is 9.13 Å². The van der Waals surface area contributed by atoms with Gasteiger partial charge in [-0.15, -0.1) is 0 Å². The first kappa shape index (κ1) is 15.4. The minimum absolute atomic E-state index is 0.0935. The van der Waals surface area contributed by atoms with Crippen LogP contribution in [-0.4, -0.2) is 6.54 Å². The van der Waals surface area contributed by atoms with Crippen LogP contribution in [0.1, 0.15) is 29.7 Å². The van der Waals surface area contributed by atoms with Gasteiger partial charge in [0.25, 0.3) is 0 Å². The quantitative estimate of drug-likeness (QED) is 0.758. The summed E-state index contributed by atoms with van der Waals surface area (Å²) in [5.41, 5.74) is 1.43. The fourth-order valence-electron chi connectivity index (χ4n) is 2.22. The molecule has 2 aromatic carbocycles. The lowest BCUT2D eigenvalue weighted by molar-refractivity contribution is 0.505. The molecule has 0 fully saturated rings. The van der Waals surface area contributed by atoms with Gasteiger partial charge in [-0.2, -0.15) is 0 Å². The second-order valence-corrected chi connectivity index (χ2v) is 5.77. The van der Waals surface area contributed by atoms with Gasteiger partial charge >= 0.3 is 0 Å². The average Bonchev–Trinajstić information content (AvgIpc) is 2.43. The molecule has 0 aromatic heterocycles. The van der Waals surface area contributed by atoms with E-state index in [4.69, 9.17) is 0 Å². The highest BCUT2D eigenvalue weighted by molar-refractivity contribution is 14.1. The maximum absolute atomic E-state index is 14.4. The third-order valence-corrected chi connectivity index (χ3v) is 4.22. The summed E-state index contributed by atoms with van der Waals surface area (Å²) in [5.74, 6) is -0.991. The molecule has 2 aromatic rings. The molecule has 0 saturated carbocycles. The van der Waals surface area contributed by atoms with Crippen molar-refractivity contribution in [2.24, 2.45) is 0 Å². The van der Waals surface area contributed by atoms with E-state index in [-0.39, 0.29) is 5.56 Å². The number of halogens is 3. The van der Waals surface area contributed by atoms with Crippen molar-refractivity contribution < 1.29 is 8.78 Å². The summed E-state index contributed by atoms with van der Waals surface area (Å²) in [6, 6.07) is 9.95. The predicted octanol–water partition coefficient (Wildman–Crippen LogP) is 4.58. The highest BCUT2D eigenvalue weighted by Gasteiger charge is 2.23. The molecule has 0 spiro atoms. The van der Waals surface area contributed by atoms with Crippen molar-refractivity contribution in [2.75, 3.05) is 6.54 Å². The largest absolute Gasteiger partial charge is 0.306 e. The summed E-state index contributed by atoms with van der Waals surface area (Å²) in [6.45, 7) is 4.20. The fourth-order valence-corrected chi connectivity index (χ4v) is 2.92. The molecular formula is C16H16F2IN. The summed E-state index contributed by atoms with van der Waals surface area (Å²) >= 11 is 2.19. The van der Waals surface area contributed by atoms with Crippen LogP contribution >= 0.6 is 22.6 Å². The Hall–Kier alpha value is -1.01. The lowest BCUT2D eigenvalue weighted by Gasteiger charge is -2.22. The third-order valence-electron chi connectivity index (χ3n) is 3.23. The summed E-state index contributed by atoms with van der Waals surface area (Å²) in [6.07, 6.45) is 0. The molecule has 1 unspecified atom stereocenters. The molecule has 1 atom stereocenters. The molecule has 106 valence electrons. The SMILES string of the molecule is CCNC(c1ccccc1I)c1c(F)ccc(C)c1F. The van der Waals surface area contributed by atoms with Crippen LogP contribution in [0.5, 0.6) is 0 Å². The first-order chi connectivity index (χ1) is 9.56. The fraction of sp³-hybridized carbons (Fsp3) is 0.250. The maximum Gasteiger partial charge on any atom is 0.134 e. The van der Waals surface area contributed by atoms with Gasteiger partial charge in [0.15, 0.2) is 0 Å². The Bertz CT molecular complexity index is 613. The van der Waals surface area contributed by atoms with Crippen LogP contribution in [0, 0.1) is 22.1 Å². The van der Waals surface area contributed by atoms with Gasteiger partial charge in [-0.3, -0.25) is 0 Å². The normalized spacial score (nSPS) is 12.4. The average molecular weight is 387 g/mol. The van der Waals surface area contributed by atoms with Crippen molar-refractivity contribution >= 4 is 22.6 Å². The lowest BCUT2D eigenvalue weighted by atomic mass is 9.96. The van der Waals surface area contributed by atoms with Gasteiger partial charge in [0, 0.05) is 9.13 Å². The molecule has 4 heteroatoms. The number of hydrogen-bond acceptors (Lipinski definition) is 1. The van der Waals surface area contributed by atoms with Crippen molar-refractivity contribution in [3.63, 3.8) is 0 Å². The minimum Gasteiger partial charge on any atom is -0.306 e. The Morgan fingerprint density at radius 3 is 2.50 bits per heavy atom.